The molecule has 0 saturated heterocycles. The zero-order valence-corrected chi connectivity index (χ0v) is 19.9. The van der Waals surface area contributed by atoms with Crippen molar-refractivity contribution in [1.82, 2.24) is 0 Å². The first-order valence-electron chi connectivity index (χ1n) is 12.1. The smallest absolute Gasteiger partial charge is 0.0651 e. The lowest BCUT2D eigenvalue weighted by molar-refractivity contribution is 0.294. The van der Waals surface area contributed by atoms with E-state index in [4.69, 9.17) is 0 Å². The maximum absolute atomic E-state index is 2.79. The third-order valence-electron chi connectivity index (χ3n) is 7.52. The fourth-order valence-electron chi connectivity index (χ4n) is 5.88. The summed E-state index contributed by atoms with van der Waals surface area (Å²) in [5.41, 5.74) is 8.55. The quantitative estimate of drug-likeness (QED) is 0.282. The van der Waals surface area contributed by atoms with Gasteiger partial charge >= 0.3 is 0 Å². The molecule has 0 saturated carbocycles. The van der Waals surface area contributed by atoms with Gasteiger partial charge in [-0.1, -0.05) is 95.3 Å². The van der Waals surface area contributed by atoms with Gasteiger partial charge < -0.3 is 4.90 Å². The predicted molar refractivity (Wildman–Crippen MR) is 135 cm³/mol. The van der Waals surface area contributed by atoms with Crippen LogP contribution in [-0.4, -0.2) is 6.04 Å². The van der Waals surface area contributed by atoms with Crippen LogP contribution in [0.5, 0.6) is 0 Å². The van der Waals surface area contributed by atoms with E-state index < -0.39 is 0 Å². The van der Waals surface area contributed by atoms with Crippen LogP contribution < -0.4 is 4.90 Å². The molecule has 162 valence electrons. The summed E-state index contributed by atoms with van der Waals surface area (Å²) >= 11 is 0. The molecule has 0 bridgehead atoms. The molecule has 0 aliphatic heterocycles. The topological polar surface area (TPSA) is 3.24 Å². The van der Waals surface area contributed by atoms with E-state index in [1.54, 1.807) is 0 Å². The highest BCUT2D eigenvalue weighted by molar-refractivity contribution is 5.79. The molecular weight excluding hydrogens is 374 g/mol. The molecule has 0 spiro atoms. The minimum absolute atomic E-state index is 0.00804. The van der Waals surface area contributed by atoms with Crippen LogP contribution in [0.25, 0.3) is 11.1 Å². The zero-order valence-electron chi connectivity index (χ0n) is 19.9. The van der Waals surface area contributed by atoms with Gasteiger partial charge in [-0.3, -0.25) is 0 Å². The fourth-order valence-corrected chi connectivity index (χ4v) is 5.88. The van der Waals surface area contributed by atoms with Gasteiger partial charge in [0.05, 0.1) is 5.54 Å². The second-order valence-electron chi connectivity index (χ2n) is 9.37. The highest BCUT2D eigenvalue weighted by Crippen LogP contribution is 2.45. The van der Waals surface area contributed by atoms with Gasteiger partial charge in [0.2, 0.25) is 0 Å². The molecule has 3 aromatic rings. The molecule has 0 radical (unpaired) electrons. The van der Waals surface area contributed by atoms with Crippen molar-refractivity contribution in [3.05, 3.63) is 89.5 Å². The number of hydrogen-bond donors (Lipinski definition) is 0. The van der Waals surface area contributed by atoms with Crippen molar-refractivity contribution in [2.24, 2.45) is 5.92 Å². The largest absolute Gasteiger partial charge is 0.359 e. The molecule has 4 rings (SSSR count). The molecular formula is C30H37N. The lowest BCUT2D eigenvalue weighted by atomic mass is 9.79. The van der Waals surface area contributed by atoms with Crippen molar-refractivity contribution in [1.29, 1.82) is 0 Å². The Balaban J connectivity index is 1.88. The van der Waals surface area contributed by atoms with E-state index in [9.17, 15) is 0 Å². The summed E-state index contributed by atoms with van der Waals surface area (Å²) in [4.78, 5) is 2.79. The Morgan fingerprint density at radius 2 is 1.42 bits per heavy atom. The second-order valence-corrected chi connectivity index (χ2v) is 9.37. The monoisotopic (exact) mass is 411 g/mol. The summed E-state index contributed by atoms with van der Waals surface area (Å²) in [6.45, 7) is 11.8. The van der Waals surface area contributed by atoms with E-state index in [2.05, 4.69) is 112 Å². The van der Waals surface area contributed by atoms with Crippen LogP contribution in [0.3, 0.4) is 0 Å². The molecule has 0 aromatic heterocycles. The van der Waals surface area contributed by atoms with Crippen LogP contribution in [-0.2, 0) is 12.0 Å². The lowest BCUT2D eigenvalue weighted by Gasteiger charge is -2.51. The van der Waals surface area contributed by atoms with Crippen molar-refractivity contribution < 1.29 is 0 Å². The number of hydrogen-bond acceptors (Lipinski definition) is 1. The van der Waals surface area contributed by atoms with Crippen molar-refractivity contribution in [3.8, 4) is 11.1 Å². The number of fused-ring (bicyclic) bond motifs is 3. The van der Waals surface area contributed by atoms with Crippen LogP contribution in [0.1, 0.15) is 70.6 Å². The van der Waals surface area contributed by atoms with Gasteiger partial charge in [0, 0.05) is 11.7 Å². The normalized spacial score (nSPS) is 13.7. The molecule has 0 fully saturated rings. The third-order valence-corrected chi connectivity index (χ3v) is 7.52. The Labute approximate surface area is 189 Å². The Morgan fingerprint density at radius 1 is 0.774 bits per heavy atom. The third kappa shape index (κ3) is 3.69. The lowest BCUT2D eigenvalue weighted by Crippen LogP contribution is -2.53. The van der Waals surface area contributed by atoms with Gasteiger partial charge in [0.1, 0.15) is 0 Å². The molecule has 0 N–H and O–H groups in total. The summed E-state index contributed by atoms with van der Waals surface area (Å²) in [5.74, 6) is 0.580. The summed E-state index contributed by atoms with van der Waals surface area (Å²) in [6.07, 6.45) is 4.37. The minimum atomic E-state index is -0.00804. The van der Waals surface area contributed by atoms with Crippen molar-refractivity contribution in [2.45, 2.75) is 71.9 Å². The van der Waals surface area contributed by atoms with Gasteiger partial charge in [-0.05, 0) is 71.6 Å². The van der Waals surface area contributed by atoms with E-state index in [1.165, 1.54) is 33.5 Å². The maximum atomic E-state index is 2.79. The average Bonchev–Trinajstić information content (AvgIpc) is 3.18. The molecule has 1 unspecified atom stereocenters. The Hall–Kier alpha value is -2.54. The molecule has 1 aliphatic carbocycles. The van der Waals surface area contributed by atoms with Crippen molar-refractivity contribution in [2.75, 3.05) is 4.90 Å². The molecule has 1 heteroatoms. The number of anilines is 1. The number of rotatable bonds is 8. The molecule has 0 heterocycles. The first kappa shape index (κ1) is 21.7. The number of benzene rings is 3. The van der Waals surface area contributed by atoms with Crippen LogP contribution in [0.15, 0.2) is 72.8 Å². The minimum Gasteiger partial charge on any atom is -0.359 e. The molecule has 31 heavy (non-hydrogen) atoms. The average molecular weight is 412 g/mol. The molecule has 1 aliphatic rings. The van der Waals surface area contributed by atoms with Crippen molar-refractivity contribution >= 4 is 5.69 Å². The fraction of sp³-hybridized carbons (Fsp3) is 0.400. The second kappa shape index (κ2) is 8.91. The van der Waals surface area contributed by atoms with Crippen LogP contribution in [0, 0.1) is 5.92 Å². The summed E-state index contributed by atoms with van der Waals surface area (Å²) in [5, 5.41) is 0. The molecule has 0 amide bonds. The standard InChI is InChI=1S/C30H37N/c1-6-29(22(4)5)31(30(7-2,8-3)25-15-10-9-11-16-25)26-18-19-28-24(21-26)20-23-14-12-13-17-27(23)28/h9-19,21-22,29H,6-8,20H2,1-5H3. The SMILES string of the molecule is CCC(C(C)C)N(c1ccc2c(c1)Cc1ccccc1-2)C(CC)(CC)c1ccccc1. The molecule has 1 nitrogen and oxygen atoms in total. The molecule has 1 atom stereocenters. The van der Waals surface area contributed by atoms with E-state index >= 15 is 0 Å². The van der Waals surface area contributed by atoms with E-state index in [0.717, 1.165) is 25.7 Å². The van der Waals surface area contributed by atoms with Crippen LogP contribution in [0.4, 0.5) is 5.69 Å². The van der Waals surface area contributed by atoms with Crippen molar-refractivity contribution in [3.63, 3.8) is 0 Å². The summed E-state index contributed by atoms with van der Waals surface area (Å²) in [7, 11) is 0. The number of nitrogens with zero attached hydrogens (tertiary/aromatic N) is 1. The maximum Gasteiger partial charge on any atom is 0.0651 e. The Morgan fingerprint density at radius 3 is 2.06 bits per heavy atom. The van der Waals surface area contributed by atoms with Gasteiger partial charge in [-0.25, -0.2) is 0 Å². The highest BCUT2D eigenvalue weighted by atomic mass is 15.2. The Bertz CT molecular complexity index is 1010. The van der Waals surface area contributed by atoms with Gasteiger partial charge in [0.25, 0.3) is 0 Å². The first-order valence-corrected chi connectivity index (χ1v) is 12.1. The van der Waals surface area contributed by atoms with E-state index in [1.807, 2.05) is 0 Å². The van der Waals surface area contributed by atoms with Crippen LogP contribution in [0.2, 0.25) is 0 Å². The highest BCUT2D eigenvalue weighted by Gasteiger charge is 2.40. The molecule has 3 aromatic carbocycles. The van der Waals surface area contributed by atoms with Crippen LogP contribution >= 0.6 is 0 Å². The van der Waals surface area contributed by atoms with Gasteiger partial charge in [-0.2, -0.15) is 0 Å². The predicted octanol–water partition coefficient (Wildman–Crippen LogP) is 8.21. The van der Waals surface area contributed by atoms with E-state index in [-0.39, 0.29) is 5.54 Å². The summed E-state index contributed by atoms with van der Waals surface area (Å²) in [6, 6.07) is 27.8. The Kier molecular flexibility index (Phi) is 6.23. The van der Waals surface area contributed by atoms with Gasteiger partial charge in [0.15, 0.2) is 0 Å². The first-order chi connectivity index (χ1) is 15.1. The summed E-state index contributed by atoms with van der Waals surface area (Å²) < 4.78 is 0. The van der Waals surface area contributed by atoms with E-state index in [0.29, 0.717) is 12.0 Å². The zero-order chi connectivity index (χ0) is 22.0. The van der Waals surface area contributed by atoms with Gasteiger partial charge in [-0.15, -0.1) is 0 Å².